The van der Waals surface area contributed by atoms with Gasteiger partial charge in [-0.25, -0.2) is 4.39 Å². The van der Waals surface area contributed by atoms with Crippen molar-refractivity contribution in [3.8, 4) is 5.75 Å². The van der Waals surface area contributed by atoms with Crippen LogP contribution in [0.1, 0.15) is 74.7 Å². The van der Waals surface area contributed by atoms with Gasteiger partial charge in [0.15, 0.2) is 0 Å². The third kappa shape index (κ3) is 9.83. The van der Waals surface area contributed by atoms with E-state index in [1.807, 2.05) is 38.1 Å². The predicted molar refractivity (Wildman–Crippen MR) is 125 cm³/mol. The third-order valence-electron chi connectivity index (χ3n) is 4.87. The van der Waals surface area contributed by atoms with Crippen molar-refractivity contribution in [3.63, 3.8) is 0 Å². The maximum absolute atomic E-state index is 13.0. The minimum atomic E-state index is -0.232. The molecule has 2 aromatic carbocycles. The standard InChI is InChI=1S/C24H34FNO.C2H6/c1-7-24(5,6)17-22(16-23(2,3)4)27-21-14-12-20(13-15-21)26-19-10-8-18(25)9-11-19;1-2/h8-15,22,26H,7,16-17H2,1-6H3;1-2H3. The van der Waals surface area contributed by atoms with E-state index in [1.165, 1.54) is 12.1 Å². The van der Waals surface area contributed by atoms with Gasteiger partial charge in [0.25, 0.3) is 0 Å². The first-order chi connectivity index (χ1) is 13.6. The smallest absolute Gasteiger partial charge is 0.123 e. The van der Waals surface area contributed by atoms with Gasteiger partial charge in [-0.2, -0.15) is 0 Å². The quantitative estimate of drug-likeness (QED) is 0.478. The number of halogens is 1. The van der Waals surface area contributed by atoms with Gasteiger partial charge in [0.2, 0.25) is 0 Å². The van der Waals surface area contributed by atoms with Crippen molar-refractivity contribution in [1.29, 1.82) is 0 Å². The lowest BCUT2D eigenvalue weighted by Crippen LogP contribution is -2.29. The molecule has 1 N–H and O–H groups in total. The summed E-state index contributed by atoms with van der Waals surface area (Å²) in [5.41, 5.74) is 2.30. The van der Waals surface area contributed by atoms with Crippen LogP contribution < -0.4 is 10.1 Å². The van der Waals surface area contributed by atoms with Crippen LogP contribution in [0.25, 0.3) is 0 Å². The molecule has 0 aliphatic rings. The van der Waals surface area contributed by atoms with Gasteiger partial charge in [-0.1, -0.05) is 61.8 Å². The lowest BCUT2D eigenvalue weighted by molar-refractivity contribution is 0.0938. The molecule has 1 atom stereocenters. The summed E-state index contributed by atoms with van der Waals surface area (Å²) in [5.74, 6) is 0.657. The molecule has 0 fully saturated rings. The number of anilines is 2. The summed E-state index contributed by atoms with van der Waals surface area (Å²) < 4.78 is 19.4. The number of rotatable bonds is 8. The van der Waals surface area contributed by atoms with Crippen molar-refractivity contribution in [1.82, 2.24) is 0 Å². The first-order valence-electron chi connectivity index (χ1n) is 10.9. The molecule has 2 rings (SSSR count). The normalized spacial score (nSPS) is 12.6. The molecule has 0 spiro atoms. The molecule has 2 aromatic rings. The van der Waals surface area contributed by atoms with E-state index in [9.17, 15) is 4.39 Å². The Morgan fingerprint density at radius 1 is 0.828 bits per heavy atom. The minimum Gasteiger partial charge on any atom is -0.490 e. The van der Waals surface area contributed by atoms with Gasteiger partial charge in [-0.05, 0) is 72.2 Å². The second-order valence-electron chi connectivity index (χ2n) is 9.38. The van der Waals surface area contributed by atoms with E-state index in [0.717, 1.165) is 36.4 Å². The van der Waals surface area contributed by atoms with Gasteiger partial charge in [-0.15, -0.1) is 0 Å². The predicted octanol–water partition coefficient (Wildman–Crippen LogP) is 8.61. The van der Waals surface area contributed by atoms with Crippen molar-refractivity contribution in [3.05, 3.63) is 54.3 Å². The highest BCUT2D eigenvalue weighted by molar-refractivity contribution is 5.60. The van der Waals surface area contributed by atoms with Gasteiger partial charge in [0, 0.05) is 11.4 Å². The molecule has 162 valence electrons. The molecule has 0 aliphatic heterocycles. The summed E-state index contributed by atoms with van der Waals surface area (Å²) in [5, 5.41) is 3.28. The van der Waals surface area contributed by atoms with E-state index in [0.29, 0.717) is 0 Å². The van der Waals surface area contributed by atoms with Crippen molar-refractivity contribution >= 4 is 11.4 Å². The molecule has 0 saturated heterocycles. The molecule has 0 aromatic heterocycles. The second-order valence-corrected chi connectivity index (χ2v) is 9.38. The van der Waals surface area contributed by atoms with Crippen molar-refractivity contribution in [2.45, 2.75) is 80.8 Å². The number of ether oxygens (including phenoxy) is 1. The SMILES string of the molecule is CC.CCC(C)(C)CC(CC(C)(C)C)Oc1ccc(Nc2ccc(F)cc2)cc1. The van der Waals surface area contributed by atoms with Gasteiger partial charge < -0.3 is 10.1 Å². The van der Waals surface area contributed by atoms with Crippen LogP contribution in [0.3, 0.4) is 0 Å². The fraction of sp³-hybridized carbons (Fsp3) is 0.538. The Morgan fingerprint density at radius 3 is 1.76 bits per heavy atom. The fourth-order valence-corrected chi connectivity index (χ4v) is 3.11. The molecule has 0 saturated carbocycles. The molecule has 0 aliphatic carbocycles. The Bertz CT molecular complexity index is 699. The molecule has 29 heavy (non-hydrogen) atoms. The Balaban J connectivity index is 0.00000204. The van der Waals surface area contributed by atoms with Gasteiger partial charge in [0.1, 0.15) is 11.6 Å². The largest absolute Gasteiger partial charge is 0.490 e. The molecule has 0 heterocycles. The molecule has 0 radical (unpaired) electrons. The van der Waals surface area contributed by atoms with E-state index in [-0.39, 0.29) is 22.8 Å². The first kappa shape index (κ1) is 25.0. The molecular formula is C26H40FNO. The zero-order valence-corrected chi connectivity index (χ0v) is 19.6. The summed E-state index contributed by atoms with van der Waals surface area (Å²) in [6.07, 6.45) is 3.38. The Morgan fingerprint density at radius 2 is 1.31 bits per heavy atom. The van der Waals surface area contributed by atoms with E-state index in [1.54, 1.807) is 12.1 Å². The first-order valence-corrected chi connectivity index (χ1v) is 10.9. The summed E-state index contributed by atoms with van der Waals surface area (Å²) in [6, 6.07) is 14.4. The van der Waals surface area contributed by atoms with Crippen LogP contribution in [-0.2, 0) is 0 Å². The van der Waals surface area contributed by atoms with Crippen molar-refractivity contribution < 1.29 is 9.13 Å². The molecule has 1 unspecified atom stereocenters. The van der Waals surface area contributed by atoms with Gasteiger partial charge in [0.05, 0.1) is 6.10 Å². The summed E-state index contributed by atoms with van der Waals surface area (Å²) in [7, 11) is 0. The molecular weight excluding hydrogens is 361 g/mol. The van der Waals surface area contributed by atoms with E-state index < -0.39 is 0 Å². The van der Waals surface area contributed by atoms with Crippen LogP contribution >= 0.6 is 0 Å². The zero-order chi connectivity index (χ0) is 22.1. The van der Waals surface area contributed by atoms with E-state index in [2.05, 4.69) is 46.9 Å². The van der Waals surface area contributed by atoms with Crippen LogP contribution in [0.5, 0.6) is 5.75 Å². The summed E-state index contributed by atoms with van der Waals surface area (Å²) in [4.78, 5) is 0. The van der Waals surface area contributed by atoms with Crippen LogP contribution in [0.2, 0.25) is 0 Å². The van der Waals surface area contributed by atoms with Crippen LogP contribution in [0.4, 0.5) is 15.8 Å². The number of hydrogen-bond donors (Lipinski definition) is 1. The highest BCUT2D eigenvalue weighted by atomic mass is 19.1. The number of nitrogens with one attached hydrogen (secondary N) is 1. The zero-order valence-electron chi connectivity index (χ0n) is 19.6. The number of benzene rings is 2. The molecule has 0 bridgehead atoms. The van der Waals surface area contributed by atoms with E-state index >= 15 is 0 Å². The van der Waals surface area contributed by atoms with Gasteiger partial charge in [-0.3, -0.25) is 0 Å². The van der Waals surface area contributed by atoms with Crippen LogP contribution in [0, 0.1) is 16.6 Å². The van der Waals surface area contributed by atoms with Crippen LogP contribution in [0.15, 0.2) is 48.5 Å². The average molecular weight is 402 g/mol. The van der Waals surface area contributed by atoms with Crippen molar-refractivity contribution in [2.75, 3.05) is 5.32 Å². The fourth-order valence-electron chi connectivity index (χ4n) is 3.11. The van der Waals surface area contributed by atoms with Crippen LogP contribution in [-0.4, -0.2) is 6.10 Å². The highest BCUT2D eigenvalue weighted by Crippen LogP contribution is 2.34. The monoisotopic (exact) mass is 401 g/mol. The lowest BCUT2D eigenvalue weighted by atomic mass is 9.79. The minimum absolute atomic E-state index is 0.191. The molecule has 3 heteroatoms. The average Bonchev–Trinajstić information content (AvgIpc) is 2.65. The maximum Gasteiger partial charge on any atom is 0.123 e. The van der Waals surface area contributed by atoms with Gasteiger partial charge >= 0.3 is 0 Å². The molecule has 2 nitrogen and oxygen atoms in total. The lowest BCUT2D eigenvalue weighted by Gasteiger charge is -2.33. The van der Waals surface area contributed by atoms with E-state index in [4.69, 9.17) is 4.74 Å². The summed E-state index contributed by atoms with van der Waals surface area (Å²) in [6.45, 7) is 17.6. The summed E-state index contributed by atoms with van der Waals surface area (Å²) >= 11 is 0. The highest BCUT2D eigenvalue weighted by Gasteiger charge is 2.27. The topological polar surface area (TPSA) is 21.3 Å². The second kappa shape index (κ2) is 11.2. The Labute approximate surface area is 177 Å². The number of hydrogen-bond acceptors (Lipinski definition) is 2. The Hall–Kier alpha value is -2.03. The molecule has 0 amide bonds. The maximum atomic E-state index is 13.0. The van der Waals surface area contributed by atoms with Crippen molar-refractivity contribution in [2.24, 2.45) is 10.8 Å². The third-order valence-corrected chi connectivity index (χ3v) is 4.87. The Kier molecular flexibility index (Phi) is 9.68.